The fourth-order valence-electron chi connectivity index (χ4n) is 3.06. The van der Waals surface area contributed by atoms with Gasteiger partial charge in [0.05, 0.1) is 16.6 Å². The maximum atomic E-state index is 12.3. The molecule has 0 spiro atoms. The third-order valence-corrected chi connectivity index (χ3v) is 5.32. The molecule has 0 unspecified atom stereocenters. The van der Waals surface area contributed by atoms with Crippen molar-refractivity contribution < 1.29 is 4.79 Å². The van der Waals surface area contributed by atoms with Crippen LogP contribution in [0.1, 0.15) is 19.5 Å². The van der Waals surface area contributed by atoms with Crippen LogP contribution in [-0.2, 0) is 11.2 Å². The van der Waals surface area contributed by atoms with Crippen molar-refractivity contribution in [3.63, 3.8) is 0 Å². The van der Waals surface area contributed by atoms with E-state index in [0.717, 1.165) is 21.3 Å². The number of carbonyl (C=O) groups excluding carboxylic acids is 1. The number of pyridine rings is 2. The van der Waals surface area contributed by atoms with Crippen LogP contribution in [0.5, 0.6) is 0 Å². The molecule has 1 aromatic carbocycles. The van der Waals surface area contributed by atoms with Gasteiger partial charge in [-0.15, -0.1) is 0 Å². The molecule has 0 saturated carbocycles. The number of hydrogen-bond donors (Lipinski definition) is 3. The molecule has 0 fully saturated rings. The Bertz CT molecular complexity index is 1250. The fraction of sp³-hybridized carbons (Fsp3) is 0.182. The molecule has 30 heavy (non-hydrogen) atoms. The van der Waals surface area contributed by atoms with Crippen LogP contribution >= 0.6 is 11.3 Å². The molecule has 0 aliphatic carbocycles. The Kier molecular flexibility index (Phi) is 5.58. The van der Waals surface area contributed by atoms with Crippen molar-refractivity contribution in [3.05, 3.63) is 70.9 Å². The monoisotopic (exact) mass is 419 g/mol. The zero-order chi connectivity index (χ0) is 21.1. The lowest BCUT2D eigenvalue weighted by molar-refractivity contribution is -0.115. The van der Waals surface area contributed by atoms with Crippen LogP contribution in [0.25, 0.3) is 21.3 Å². The van der Waals surface area contributed by atoms with Crippen LogP contribution in [-0.4, -0.2) is 26.9 Å². The lowest BCUT2D eigenvalue weighted by Gasteiger charge is -2.10. The number of H-pyrrole nitrogens is 1. The average Bonchev–Trinajstić information content (AvgIpc) is 3.11. The average molecular weight is 420 g/mol. The van der Waals surface area contributed by atoms with Crippen LogP contribution in [0.3, 0.4) is 0 Å². The Morgan fingerprint density at radius 1 is 1.17 bits per heavy atom. The smallest absolute Gasteiger partial charge is 0.271 e. The molecule has 4 rings (SSSR count). The van der Waals surface area contributed by atoms with E-state index < -0.39 is 0 Å². The molecule has 0 bridgehead atoms. The molecule has 3 N–H and O–H groups in total. The van der Waals surface area contributed by atoms with Gasteiger partial charge in [0, 0.05) is 29.7 Å². The van der Waals surface area contributed by atoms with E-state index in [-0.39, 0.29) is 23.9 Å². The van der Waals surface area contributed by atoms with Crippen LogP contribution in [0.2, 0.25) is 0 Å². The summed E-state index contributed by atoms with van der Waals surface area (Å²) in [5.41, 5.74) is 3.76. The number of hydrogen-bond acceptors (Lipinski definition) is 6. The first kappa shape index (κ1) is 19.8. The number of nitrogens with one attached hydrogen (secondary N) is 3. The number of nitrogens with zero attached hydrogens (tertiary/aromatic N) is 2. The van der Waals surface area contributed by atoms with Gasteiger partial charge in [0.25, 0.3) is 5.56 Å². The van der Waals surface area contributed by atoms with E-state index in [0.29, 0.717) is 16.5 Å². The Hall–Kier alpha value is -3.52. The highest BCUT2D eigenvalue weighted by molar-refractivity contribution is 7.22. The molecule has 8 heteroatoms. The minimum Gasteiger partial charge on any atom is -0.378 e. The van der Waals surface area contributed by atoms with Crippen LogP contribution in [0, 0.1) is 0 Å². The molecule has 4 aromatic rings. The van der Waals surface area contributed by atoms with Gasteiger partial charge in [-0.25, -0.2) is 4.98 Å². The molecule has 1 amide bonds. The van der Waals surface area contributed by atoms with Crippen LogP contribution in [0.4, 0.5) is 10.8 Å². The Balaban J connectivity index is 1.55. The number of aromatic nitrogens is 3. The summed E-state index contributed by atoms with van der Waals surface area (Å²) in [5, 5.41) is 6.56. The van der Waals surface area contributed by atoms with Crippen molar-refractivity contribution >= 4 is 38.3 Å². The number of benzene rings is 1. The summed E-state index contributed by atoms with van der Waals surface area (Å²) in [6, 6.07) is 13.4. The van der Waals surface area contributed by atoms with E-state index in [1.54, 1.807) is 12.4 Å². The molecule has 0 aliphatic rings. The normalized spacial score (nSPS) is 11.0. The van der Waals surface area contributed by atoms with E-state index in [1.807, 2.05) is 56.3 Å². The predicted octanol–water partition coefficient (Wildman–Crippen LogP) is 4.05. The summed E-state index contributed by atoms with van der Waals surface area (Å²) < 4.78 is 0.949. The molecular formula is C22H21N5O2S. The van der Waals surface area contributed by atoms with Crippen LogP contribution < -0.4 is 16.2 Å². The topological polar surface area (TPSA) is 99.8 Å². The first-order chi connectivity index (χ1) is 14.5. The van der Waals surface area contributed by atoms with Gasteiger partial charge in [-0.3, -0.25) is 14.6 Å². The van der Waals surface area contributed by atoms with E-state index in [9.17, 15) is 9.59 Å². The lowest BCUT2D eigenvalue weighted by atomic mass is 10.1. The highest BCUT2D eigenvalue weighted by atomic mass is 32.1. The second-order valence-corrected chi connectivity index (χ2v) is 8.21. The van der Waals surface area contributed by atoms with E-state index in [1.165, 1.54) is 11.3 Å². The van der Waals surface area contributed by atoms with Crippen molar-refractivity contribution in [2.75, 3.05) is 10.6 Å². The van der Waals surface area contributed by atoms with Crippen molar-refractivity contribution in [3.8, 4) is 11.1 Å². The minimum absolute atomic E-state index is 0.149. The Labute approximate surface area is 177 Å². The largest absolute Gasteiger partial charge is 0.378 e. The second kappa shape index (κ2) is 8.46. The lowest BCUT2D eigenvalue weighted by Crippen LogP contribution is -2.18. The summed E-state index contributed by atoms with van der Waals surface area (Å²) in [6.07, 6.45) is 3.57. The molecule has 152 valence electrons. The number of fused-ring (bicyclic) bond motifs is 1. The van der Waals surface area contributed by atoms with E-state index in [4.69, 9.17) is 0 Å². The summed E-state index contributed by atoms with van der Waals surface area (Å²) in [7, 11) is 0. The van der Waals surface area contributed by atoms with Crippen molar-refractivity contribution in [2.24, 2.45) is 0 Å². The maximum Gasteiger partial charge on any atom is 0.271 e. The predicted molar refractivity (Wildman–Crippen MR) is 121 cm³/mol. The maximum absolute atomic E-state index is 12.3. The number of carbonyl (C=O) groups is 1. The van der Waals surface area contributed by atoms with Gasteiger partial charge >= 0.3 is 0 Å². The standard InChI is InChI=1S/C22H21N5O2S/c1-13(2)25-18-9-15(12-24-21(18)29)14-6-7-17-19(10-14)30-22(26-17)27-20(28)11-16-5-3-4-8-23-16/h3-10,12-13,25H,11H2,1-2H3,(H,24,29)(H,26,27,28). The Morgan fingerprint density at radius 2 is 2.03 bits per heavy atom. The van der Waals surface area contributed by atoms with Crippen molar-refractivity contribution in [2.45, 2.75) is 26.3 Å². The van der Waals surface area contributed by atoms with Gasteiger partial charge in [0.1, 0.15) is 5.69 Å². The fourth-order valence-corrected chi connectivity index (χ4v) is 3.98. The summed E-state index contributed by atoms with van der Waals surface area (Å²) in [5.74, 6) is -0.155. The highest BCUT2D eigenvalue weighted by Gasteiger charge is 2.11. The Morgan fingerprint density at radius 3 is 2.80 bits per heavy atom. The number of amides is 1. The van der Waals surface area contributed by atoms with E-state index in [2.05, 4.69) is 25.6 Å². The molecule has 0 atom stereocenters. The van der Waals surface area contributed by atoms with Crippen molar-refractivity contribution in [1.82, 2.24) is 15.0 Å². The van der Waals surface area contributed by atoms with Gasteiger partial charge in [-0.2, -0.15) is 0 Å². The molecule has 7 nitrogen and oxygen atoms in total. The number of rotatable bonds is 6. The molecule has 3 aromatic heterocycles. The first-order valence-electron chi connectivity index (χ1n) is 9.58. The van der Waals surface area contributed by atoms with Crippen LogP contribution in [0.15, 0.2) is 59.7 Å². The first-order valence-corrected chi connectivity index (χ1v) is 10.4. The minimum atomic E-state index is -0.155. The number of aromatic amines is 1. The zero-order valence-electron chi connectivity index (χ0n) is 16.6. The number of thiazole rings is 1. The highest BCUT2D eigenvalue weighted by Crippen LogP contribution is 2.30. The molecule has 3 heterocycles. The summed E-state index contributed by atoms with van der Waals surface area (Å²) in [6.45, 7) is 3.97. The van der Waals surface area contributed by atoms with Gasteiger partial charge in [0.15, 0.2) is 5.13 Å². The van der Waals surface area contributed by atoms with Gasteiger partial charge < -0.3 is 15.6 Å². The third-order valence-electron chi connectivity index (χ3n) is 4.38. The molecule has 0 aliphatic heterocycles. The van der Waals surface area contributed by atoms with Gasteiger partial charge in [-0.1, -0.05) is 23.5 Å². The molecule has 0 saturated heterocycles. The quantitative estimate of drug-likeness (QED) is 0.438. The van der Waals surface area contributed by atoms with Gasteiger partial charge in [-0.05, 0) is 49.7 Å². The van der Waals surface area contributed by atoms with E-state index >= 15 is 0 Å². The third kappa shape index (κ3) is 4.55. The molecular weight excluding hydrogens is 398 g/mol. The summed E-state index contributed by atoms with van der Waals surface area (Å²) in [4.78, 5) is 35.7. The summed E-state index contributed by atoms with van der Waals surface area (Å²) >= 11 is 1.41. The SMILES string of the molecule is CC(C)Nc1cc(-c2ccc3nc(NC(=O)Cc4ccccn4)sc3c2)c[nH]c1=O. The van der Waals surface area contributed by atoms with Crippen molar-refractivity contribution in [1.29, 1.82) is 0 Å². The number of anilines is 2. The molecule has 0 radical (unpaired) electrons. The second-order valence-electron chi connectivity index (χ2n) is 7.18. The zero-order valence-corrected chi connectivity index (χ0v) is 17.4. The van der Waals surface area contributed by atoms with Gasteiger partial charge in [0.2, 0.25) is 5.91 Å².